The van der Waals surface area contributed by atoms with Crippen LogP contribution in [0.2, 0.25) is 0 Å². The van der Waals surface area contributed by atoms with Crippen LogP contribution in [-0.2, 0) is 4.57 Å². The average Bonchev–Trinajstić information content (AvgIpc) is 1.97. The van der Waals surface area contributed by atoms with Crippen molar-refractivity contribution in [1.82, 2.24) is 0 Å². The molecule has 6 heteroatoms. The van der Waals surface area contributed by atoms with E-state index in [1.165, 1.54) is 5.54 Å². The van der Waals surface area contributed by atoms with E-state index >= 15 is 0 Å². The molecule has 0 radical (unpaired) electrons. The molecule has 15 heavy (non-hydrogen) atoms. The van der Waals surface area contributed by atoms with Gasteiger partial charge in [0.25, 0.3) is 5.85 Å². The Balaban J connectivity index is 5.82. The van der Waals surface area contributed by atoms with Crippen LogP contribution in [0, 0.1) is 5.41 Å². The third-order valence-corrected chi connectivity index (χ3v) is 5.06. The largest absolute Gasteiger partial charge is 0.284 e. The summed E-state index contributed by atoms with van der Waals surface area (Å²) in [5, 5.41) is 0.597. The highest BCUT2D eigenvalue weighted by atomic mass is 35.9. The number of hydrogen-bond donors (Lipinski definition) is 0. The van der Waals surface area contributed by atoms with Crippen LogP contribution in [0.3, 0.4) is 0 Å². The maximum atomic E-state index is 11.7. The van der Waals surface area contributed by atoms with Gasteiger partial charge in [0, 0.05) is 10.8 Å². The van der Waals surface area contributed by atoms with E-state index < -0.39 is 11.3 Å². The molecule has 0 heterocycles. The minimum atomic E-state index is -3.43. The molecule has 0 aliphatic rings. The highest BCUT2D eigenvalue weighted by Crippen LogP contribution is 2.69. The van der Waals surface area contributed by atoms with Gasteiger partial charge in [-0.1, -0.05) is 44.0 Å². The normalized spacial score (nSPS) is 16.4. The van der Waals surface area contributed by atoms with Gasteiger partial charge in [0.15, 0.2) is 0 Å². The zero-order valence-electron chi connectivity index (χ0n) is 8.94. The van der Waals surface area contributed by atoms with Crippen LogP contribution < -0.4 is 0 Å². The van der Waals surface area contributed by atoms with Gasteiger partial charge < -0.3 is 0 Å². The lowest BCUT2D eigenvalue weighted by Gasteiger charge is -2.25. The molecular formula is C9H13Cl4OP. The highest BCUT2D eigenvalue weighted by Gasteiger charge is 2.34. The molecule has 0 spiro atoms. The molecule has 0 aliphatic heterocycles. The Morgan fingerprint density at radius 2 is 1.67 bits per heavy atom. The molecule has 0 rings (SSSR count). The van der Waals surface area contributed by atoms with Gasteiger partial charge in [-0.05, 0) is 40.4 Å². The third-order valence-electron chi connectivity index (χ3n) is 1.69. The Bertz CT molecular complexity index is 346. The van der Waals surface area contributed by atoms with Crippen LogP contribution in [-0.4, -0.2) is 0 Å². The lowest BCUT2D eigenvalue weighted by atomic mass is 9.95. The summed E-state index contributed by atoms with van der Waals surface area (Å²) in [6.07, 6.45) is 0. The fraction of sp³-hybridized carbons (Fsp3) is 0.556. The monoisotopic (exact) mass is 308 g/mol. The molecule has 1 nitrogen and oxygen atoms in total. The lowest BCUT2D eigenvalue weighted by Crippen LogP contribution is -2.09. The molecule has 0 N–H and O–H groups in total. The molecule has 0 fully saturated rings. The second-order valence-electron chi connectivity index (χ2n) is 4.17. The van der Waals surface area contributed by atoms with Crippen LogP contribution in [0.1, 0.15) is 27.7 Å². The summed E-state index contributed by atoms with van der Waals surface area (Å²) in [4.78, 5) is 0. The van der Waals surface area contributed by atoms with Crippen LogP contribution >= 0.6 is 51.5 Å². The minimum absolute atomic E-state index is 0.269. The van der Waals surface area contributed by atoms with Gasteiger partial charge in [0.2, 0.25) is 0 Å². The number of allylic oxidation sites excluding steroid dienone is 3. The van der Waals surface area contributed by atoms with Crippen LogP contribution in [0.25, 0.3) is 0 Å². The van der Waals surface area contributed by atoms with E-state index in [-0.39, 0.29) is 5.03 Å². The summed E-state index contributed by atoms with van der Waals surface area (Å²) < 4.78 is 11.7. The van der Waals surface area contributed by atoms with Crippen molar-refractivity contribution in [2.24, 2.45) is 5.41 Å². The van der Waals surface area contributed by atoms with Gasteiger partial charge in [-0.15, -0.1) is 0 Å². The Morgan fingerprint density at radius 3 is 1.87 bits per heavy atom. The number of halogens is 4. The van der Waals surface area contributed by atoms with Crippen molar-refractivity contribution in [1.29, 1.82) is 0 Å². The molecule has 0 bridgehead atoms. The smallest absolute Gasteiger partial charge is 0.280 e. The Kier molecular flexibility index (Phi) is 5.79. The van der Waals surface area contributed by atoms with Crippen molar-refractivity contribution in [3.8, 4) is 0 Å². The van der Waals surface area contributed by atoms with Crippen molar-refractivity contribution in [3.05, 3.63) is 21.5 Å². The minimum Gasteiger partial charge on any atom is -0.284 e. The first-order chi connectivity index (χ1) is 6.51. The number of hydrogen-bond acceptors (Lipinski definition) is 1. The molecule has 0 aromatic rings. The van der Waals surface area contributed by atoms with Gasteiger partial charge in [0.05, 0.1) is 5.03 Å². The summed E-state index contributed by atoms with van der Waals surface area (Å²) in [5.41, 5.74) is 1.42. The summed E-state index contributed by atoms with van der Waals surface area (Å²) >= 11 is 23.0. The van der Waals surface area contributed by atoms with Gasteiger partial charge in [-0.25, -0.2) is 0 Å². The van der Waals surface area contributed by atoms with E-state index in [0.29, 0.717) is 10.9 Å². The number of rotatable bonds is 2. The van der Waals surface area contributed by atoms with E-state index in [0.717, 1.165) is 0 Å². The molecular weight excluding hydrogens is 297 g/mol. The Hall–Kier alpha value is 0.870. The fourth-order valence-corrected chi connectivity index (χ4v) is 5.40. The van der Waals surface area contributed by atoms with E-state index in [9.17, 15) is 4.57 Å². The van der Waals surface area contributed by atoms with Crippen molar-refractivity contribution in [2.75, 3.05) is 0 Å². The zero-order chi connectivity index (χ0) is 12.4. The van der Waals surface area contributed by atoms with Gasteiger partial charge >= 0.3 is 0 Å². The van der Waals surface area contributed by atoms with E-state index in [1.54, 1.807) is 6.92 Å². The second-order valence-corrected chi connectivity index (χ2v) is 9.51. The highest BCUT2D eigenvalue weighted by molar-refractivity contribution is 8.11. The molecule has 0 saturated heterocycles. The van der Waals surface area contributed by atoms with Crippen molar-refractivity contribution >= 4 is 51.5 Å². The first-order valence-corrected chi connectivity index (χ1v) is 8.52. The molecule has 0 aliphatic carbocycles. The van der Waals surface area contributed by atoms with E-state index in [2.05, 4.69) is 0 Å². The maximum Gasteiger partial charge on any atom is 0.280 e. The molecule has 0 aromatic heterocycles. The summed E-state index contributed by atoms with van der Waals surface area (Å²) in [6.45, 7) is 7.21. The summed E-state index contributed by atoms with van der Waals surface area (Å²) in [7, 11) is 0. The Labute approximate surface area is 110 Å². The van der Waals surface area contributed by atoms with Crippen molar-refractivity contribution < 1.29 is 4.57 Å². The predicted octanol–water partition coefficient (Wildman–Crippen LogP) is 6.30. The molecule has 88 valence electrons. The van der Waals surface area contributed by atoms with Crippen LogP contribution in [0.15, 0.2) is 21.5 Å². The van der Waals surface area contributed by atoms with Crippen LogP contribution in [0.4, 0.5) is 0 Å². The first kappa shape index (κ1) is 15.9. The van der Waals surface area contributed by atoms with E-state index in [4.69, 9.17) is 45.7 Å². The zero-order valence-corrected chi connectivity index (χ0v) is 12.9. The Morgan fingerprint density at radius 1 is 1.27 bits per heavy atom. The molecule has 0 saturated carbocycles. The molecule has 0 aromatic carbocycles. The fourth-order valence-electron chi connectivity index (χ4n) is 1.07. The SMILES string of the molecule is CC(=C\Cl)/C(Cl)=C(/C(C)(C)C)P(=O)(Cl)Cl. The maximum absolute atomic E-state index is 11.7. The quantitative estimate of drug-likeness (QED) is 0.432. The summed E-state index contributed by atoms with van der Waals surface area (Å²) in [5.74, 6) is -3.43. The van der Waals surface area contributed by atoms with Gasteiger partial charge in [-0.2, -0.15) is 0 Å². The average molecular weight is 310 g/mol. The summed E-state index contributed by atoms with van der Waals surface area (Å²) in [6, 6.07) is 0. The van der Waals surface area contributed by atoms with Crippen molar-refractivity contribution in [3.63, 3.8) is 0 Å². The third kappa shape index (κ3) is 4.71. The topological polar surface area (TPSA) is 17.1 Å². The standard InChI is InChI=1S/C9H13Cl4OP/c1-6(5-10)7(11)8(9(2,3)4)15(12,13)14/h5H,1-4H3/b6-5+,8-7+. The van der Waals surface area contributed by atoms with Crippen molar-refractivity contribution in [2.45, 2.75) is 27.7 Å². The van der Waals surface area contributed by atoms with Gasteiger partial charge in [-0.3, -0.25) is 4.57 Å². The van der Waals surface area contributed by atoms with Crippen LogP contribution in [0.5, 0.6) is 0 Å². The molecule has 0 atom stereocenters. The molecule has 0 unspecified atom stereocenters. The first-order valence-electron chi connectivity index (χ1n) is 4.19. The molecule has 0 amide bonds. The van der Waals surface area contributed by atoms with E-state index in [1.807, 2.05) is 20.8 Å². The lowest BCUT2D eigenvalue weighted by molar-refractivity contribution is 0.518. The van der Waals surface area contributed by atoms with Gasteiger partial charge in [0.1, 0.15) is 0 Å². The predicted molar refractivity (Wildman–Crippen MR) is 71.3 cm³/mol. The second kappa shape index (κ2) is 5.47.